The van der Waals surface area contributed by atoms with Gasteiger partial charge >= 0.3 is 0 Å². The van der Waals surface area contributed by atoms with Crippen LogP contribution in [0.2, 0.25) is 0 Å². The highest BCUT2D eigenvalue weighted by molar-refractivity contribution is 5.84. The van der Waals surface area contributed by atoms with Gasteiger partial charge in [-0.2, -0.15) is 0 Å². The quantitative estimate of drug-likeness (QED) is 0.751. The molecule has 0 radical (unpaired) electrons. The predicted octanol–water partition coefficient (Wildman–Crippen LogP) is 2.11. The summed E-state index contributed by atoms with van der Waals surface area (Å²) in [6.07, 6.45) is 3.08. The molecule has 2 aromatic heterocycles. The summed E-state index contributed by atoms with van der Waals surface area (Å²) in [4.78, 5) is 15.1. The van der Waals surface area contributed by atoms with Crippen molar-refractivity contribution in [1.82, 2.24) is 20.5 Å². The summed E-state index contributed by atoms with van der Waals surface area (Å²) in [5.74, 6) is 0.891. The first-order valence-electron chi connectivity index (χ1n) is 6.83. The number of rotatable bonds is 5. The van der Waals surface area contributed by atoms with Crippen LogP contribution in [0.5, 0.6) is 0 Å². The number of fused-ring (bicyclic) bond motifs is 1. The van der Waals surface area contributed by atoms with E-state index in [2.05, 4.69) is 26.6 Å². The second-order valence-electron chi connectivity index (χ2n) is 4.85. The lowest BCUT2D eigenvalue weighted by Gasteiger charge is -2.02. The molecule has 6 heteroatoms. The molecule has 3 rings (SSSR count). The third-order valence-electron chi connectivity index (χ3n) is 3.30. The van der Waals surface area contributed by atoms with E-state index in [-0.39, 0.29) is 12.5 Å². The first-order chi connectivity index (χ1) is 10.2. The van der Waals surface area contributed by atoms with Crippen molar-refractivity contribution in [3.8, 4) is 0 Å². The van der Waals surface area contributed by atoms with E-state index in [1.54, 1.807) is 6.92 Å². The molecule has 0 atom stereocenters. The standard InChI is InChI=1S/C15H16N4O2/c1-10-18-19-15(21-10)9-17-14(20)7-6-11-8-16-13-5-3-2-4-12(11)13/h2-5,8,16H,6-7,9H2,1H3,(H,17,20). The van der Waals surface area contributed by atoms with Crippen molar-refractivity contribution in [2.45, 2.75) is 26.3 Å². The molecule has 0 aliphatic heterocycles. The zero-order valence-electron chi connectivity index (χ0n) is 11.7. The zero-order chi connectivity index (χ0) is 14.7. The second kappa shape index (κ2) is 5.78. The normalized spacial score (nSPS) is 10.9. The summed E-state index contributed by atoms with van der Waals surface area (Å²) in [7, 11) is 0. The van der Waals surface area contributed by atoms with Gasteiger partial charge in [0.05, 0.1) is 6.54 Å². The summed E-state index contributed by atoms with van der Waals surface area (Å²) >= 11 is 0. The first-order valence-corrected chi connectivity index (χ1v) is 6.83. The molecular formula is C15H16N4O2. The lowest BCUT2D eigenvalue weighted by atomic mass is 10.1. The van der Waals surface area contributed by atoms with Crippen LogP contribution in [0.15, 0.2) is 34.9 Å². The Labute approximate surface area is 121 Å². The molecule has 2 heterocycles. The average molecular weight is 284 g/mol. The average Bonchev–Trinajstić information content (AvgIpc) is 3.09. The molecule has 0 spiro atoms. The Morgan fingerprint density at radius 1 is 1.33 bits per heavy atom. The predicted molar refractivity (Wildman–Crippen MR) is 77.5 cm³/mol. The van der Waals surface area contributed by atoms with Crippen molar-refractivity contribution in [2.75, 3.05) is 0 Å². The maximum atomic E-state index is 11.8. The highest BCUT2D eigenvalue weighted by Gasteiger charge is 2.08. The van der Waals surface area contributed by atoms with Gasteiger partial charge < -0.3 is 14.7 Å². The molecule has 0 saturated heterocycles. The van der Waals surface area contributed by atoms with Crippen molar-refractivity contribution in [3.63, 3.8) is 0 Å². The van der Waals surface area contributed by atoms with E-state index < -0.39 is 0 Å². The number of para-hydroxylation sites is 1. The van der Waals surface area contributed by atoms with E-state index >= 15 is 0 Å². The number of hydrogen-bond donors (Lipinski definition) is 2. The van der Waals surface area contributed by atoms with E-state index in [0.29, 0.717) is 24.6 Å². The molecule has 6 nitrogen and oxygen atoms in total. The Kier molecular flexibility index (Phi) is 3.68. The maximum Gasteiger partial charge on any atom is 0.235 e. The minimum atomic E-state index is -0.0314. The minimum Gasteiger partial charge on any atom is -0.424 e. The summed E-state index contributed by atoms with van der Waals surface area (Å²) in [5, 5.41) is 11.5. The van der Waals surface area contributed by atoms with Gasteiger partial charge in [-0.1, -0.05) is 18.2 Å². The van der Waals surface area contributed by atoms with E-state index in [0.717, 1.165) is 16.5 Å². The summed E-state index contributed by atoms with van der Waals surface area (Å²) in [5.41, 5.74) is 2.24. The fraction of sp³-hybridized carbons (Fsp3) is 0.267. The van der Waals surface area contributed by atoms with Gasteiger partial charge in [0.15, 0.2) is 0 Å². The number of aromatic nitrogens is 3. The van der Waals surface area contributed by atoms with Crippen LogP contribution in [0.4, 0.5) is 0 Å². The third kappa shape index (κ3) is 3.10. The molecule has 1 aromatic carbocycles. The van der Waals surface area contributed by atoms with E-state index in [9.17, 15) is 4.79 Å². The van der Waals surface area contributed by atoms with Gasteiger partial charge in [0.1, 0.15) is 0 Å². The fourth-order valence-corrected chi connectivity index (χ4v) is 2.26. The van der Waals surface area contributed by atoms with Crippen molar-refractivity contribution in [2.24, 2.45) is 0 Å². The monoisotopic (exact) mass is 284 g/mol. The number of amides is 1. The largest absolute Gasteiger partial charge is 0.424 e. The summed E-state index contributed by atoms with van der Waals surface area (Å²) in [6.45, 7) is 1.99. The van der Waals surface area contributed by atoms with Gasteiger partial charge in [-0.3, -0.25) is 4.79 Å². The van der Waals surface area contributed by atoms with Crippen LogP contribution in [0.3, 0.4) is 0 Å². The van der Waals surface area contributed by atoms with Crippen LogP contribution in [-0.2, 0) is 17.8 Å². The highest BCUT2D eigenvalue weighted by Crippen LogP contribution is 2.18. The Morgan fingerprint density at radius 3 is 3.00 bits per heavy atom. The smallest absolute Gasteiger partial charge is 0.235 e. The topological polar surface area (TPSA) is 83.8 Å². The molecule has 3 aromatic rings. The van der Waals surface area contributed by atoms with Gasteiger partial charge in [-0.15, -0.1) is 10.2 Å². The van der Waals surface area contributed by atoms with Crippen LogP contribution in [0.1, 0.15) is 23.8 Å². The molecule has 2 N–H and O–H groups in total. The molecule has 0 aliphatic rings. The Bertz CT molecular complexity index is 760. The Hall–Kier alpha value is -2.63. The van der Waals surface area contributed by atoms with Gasteiger partial charge in [-0.25, -0.2) is 0 Å². The van der Waals surface area contributed by atoms with Gasteiger partial charge in [0.2, 0.25) is 17.7 Å². The van der Waals surface area contributed by atoms with Crippen LogP contribution >= 0.6 is 0 Å². The van der Waals surface area contributed by atoms with Crippen LogP contribution in [-0.4, -0.2) is 21.1 Å². The molecule has 0 saturated carbocycles. The fourth-order valence-electron chi connectivity index (χ4n) is 2.26. The number of hydrogen-bond acceptors (Lipinski definition) is 4. The second-order valence-corrected chi connectivity index (χ2v) is 4.85. The maximum absolute atomic E-state index is 11.8. The molecular weight excluding hydrogens is 268 g/mol. The molecule has 0 bridgehead atoms. The number of benzene rings is 1. The highest BCUT2D eigenvalue weighted by atomic mass is 16.4. The van der Waals surface area contributed by atoms with Crippen molar-refractivity contribution < 1.29 is 9.21 Å². The summed E-state index contributed by atoms with van der Waals surface area (Å²) < 4.78 is 5.20. The van der Waals surface area contributed by atoms with Crippen molar-refractivity contribution in [1.29, 1.82) is 0 Å². The van der Waals surface area contributed by atoms with Crippen LogP contribution in [0.25, 0.3) is 10.9 Å². The number of H-pyrrole nitrogens is 1. The minimum absolute atomic E-state index is 0.0314. The number of carbonyl (C=O) groups is 1. The number of aromatic amines is 1. The number of nitrogens with zero attached hydrogens (tertiary/aromatic N) is 2. The lowest BCUT2D eigenvalue weighted by Crippen LogP contribution is -2.23. The summed E-state index contributed by atoms with van der Waals surface area (Å²) in [6, 6.07) is 8.07. The van der Waals surface area contributed by atoms with E-state index in [1.807, 2.05) is 24.4 Å². The van der Waals surface area contributed by atoms with Crippen molar-refractivity contribution in [3.05, 3.63) is 47.8 Å². The Balaban J connectivity index is 1.54. The first kappa shape index (κ1) is 13.4. The molecule has 21 heavy (non-hydrogen) atoms. The number of nitrogens with one attached hydrogen (secondary N) is 2. The molecule has 108 valence electrons. The number of carbonyl (C=O) groups excluding carboxylic acids is 1. The number of aryl methyl sites for hydroxylation is 2. The van der Waals surface area contributed by atoms with Gasteiger partial charge in [0.25, 0.3) is 0 Å². The third-order valence-corrected chi connectivity index (χ3v) is 3.30. The molecule has 0 aliphatic carbocycles. The molecule has 1 amide bonds. The molecule has 0 fully saturated rings. The SMILES string of the molecule is Cc1nnc(CNC(=O)CCc2c[nH]c3ccccc23)o1. The Morgan fingerprint density at radius 2 is 2.19 bits per heavy atom. The van der Waals surface area contributed by atoms with E-state index in [1.165, 1.54) is 0 Å². The van der Waals surface area contributed by atoms with Crippen LogP contribution < -0.4 is 5.32 Å². The van der Waals surface area contributed by atoms with Crippen molar-refractivity contribution >= 4 is 16.8 Å². The zero-order valence-corrected chi connectivity index (χ0v) is 11.7. The van der Waals surface area contributed by atoms with Gasteiger partial charge in [0, 0.05) is 30.4 Å². The lowest BCUT2D eigenvalue weighted by molar-refractivity contribution is -0.121. The van der Waals surface area contributed by atoms with Gasteiger partial charge in [-0.05, 0) is 18.1 Å². The van der Waals surface area contributed by atoms with E-state index in [4.69, 9.17) is 4.42 Å². The molecule has 0 unspecified atom stereocenters. The van der Waals surface area contributed by atoms with Crippen LogP contribution in [0, 0.1) is 6.92 Å².